The van der Waals surface area contributed by atoms with Gasteiger partial charge in [-0.15, -0.1) is 0 Å². The minimum Gasteiger partial charge on any atom is -0.392 e. The Morgan fingerprint density at radius 3 is 2.96 bits per heavy atom. The van der Waals surface area contributed by atoms with E-state index in [0.29, 0.717) is 28.5 Å². The average molecular weight is 355 g/mol. The van der Waals surface area contributed by atoms with Crippen molar-refractivity contribution >= 4 is 17.3 Å². The predicted octanol–water partition coefficient (Wildman–Crippen LogP) is 4.11. The summed E-state index contributed by atoms with van der Waals surface area (Å²) in [7, 11) is 0. The van der Waals surface area contributed by atoms with Gasteiger partial charge in [0, 0.05) is 31.2 Å². The van der Waals surface area contributed by atoms with Crippen LogP contribution in [0, 0.1) is 17.7 Å². The van der Waals surface area contributed by atoms with Gasteiger partial charge in [0.1, 0.15) is 5.82 Å². The van der Waals surface area contributed by atoms with Crippen LogP contribution >= 0.6 is 11.6 Å². The molecule has 1 aromatic rings. The molecule has 0 saturated carbocycles. The fraction of sp³-hybridized carbons (Fsp3) is 0.684. The molecule has 0 amide bonds. The van der Waals surface area contributed by atoms with Crippen LogP contribution in [-0.2, 0) is 0 Å². The van der Waals surface area contributed by atoms with Crippen LogP contribution < -0.4 is 5.32 Å². The molecular weight excluding hydrogens is 327 g/mol. The average Bonchev–Trinajstić information content (AvgIpc) is 2.92. The van der Waals surface area contributed by atoms with Crippen molar-refractivity contribution in [2.24, 2.45) is 11.8 Å². The molecular formula is C19H28ClFN2O. The molecule has 4 atom stereocenters. The minimum atomic E-state index is -0.247. The normalized spacial score (nSPS) is 28.5. The molecule has 0 aromatic heterocycles. The molecule has 24 heavy (non-hydrogen) atoms. The summed E-state index contributed by atoms with van der Waals surface area (Å²) in [6.07, 6.45) is 3.04. The van der Waals surface area contributed by atoms with Gasteiger partial charge in [0.05, 0.1) is 11.8 Å². The summed E-state index contributed by atoms with van der Waals surface area (Å²) in [6.45, 7) is 8.18. The molecule has 0 spiro atoms. The van der Waals surface area contributed by atoms with Gasteiger partial charge in [-0.25, -0.2) is 4.39 Å². The predicted molar refractivity (Wildman–Crippen MR) is 97.3 cm³/mol. The van der Waals surface area contributed by atoms with E-state index < -0.39 is 0 Å². The molecule has 3 rings (SSSR count). The zero-order valence-corrected chi connectivity index (χ0v) is 15.3. The summed E-state index contributed by atoms with van der Waals surface area (Å²) in [6, 6.07) is 3.28. The van der Waals surface area contributed by atoms with E-state index >= 15 is 0 Å². The third-order valence-corrected chi connectivity index (χ3v) is 5.89. The molecule has 0 bridgehead atoms. The molecule has 5 heteroatoms. The van der Waals surface area contributed by atoms with E-state index in [1.807, 2.05) is 6.07 Å². The number of halogens is 2. The van der Waals surface area contributed by atoms with Crippen LogP contribution in [0.1, 0.15) is 44.6 Å². The number of β-amino-alcohol motifs (C(OH)–C–C–N with tert-alkyl or cyclic N) is 1. The van der Waals surface area contributed by atoms with Crippen molar-refractivity contribution in [3.63, 3.8) is 0 Å². The molecule has 0 radical (unpaired) electrons. The van der Waals surface area contributed by atoms with Crippen molar-refractivity contribution in [1.29, 1.82) is 0 Å². The first kappa shape index (κ1) is 18.0. The van der Waals surface area contributed by atoms with Crippen molar-refractivity contribution in [3.05, 3.63) is 28.5 Å². The largest absolute Gasteiger partial charge is 0.392 e. The standard InChI is InChI=1S/C19H28ClFN2O/c1-12(10-23-6-5-16(24)11-23)3-4-14-9-22-19-17(13(14)2)7-15(20)8-18(19)21/h7-8,12-14,16,22,24H,3-6,9-11H2,1-2H3. The van der Waals surface area contributed by atoms with Crippen molar-refractivity contribution in [3.8, 4) is 0 Å². The molecule has 2 heterocycles. The number of hydrogen-bond acceptors (Lipinski definition) is 3. The molecule has 1 aromatic carbocycles. The summed E-state index contributed by atoms with van der Waals surface area (Å²) in [5.41, 5.74) is 1.63. The van der Waals surface area contributed by atoms with Gasteiger partial charge in [-0.05, 0) is 54.7 Å². The van der Waals surface area contributed by atoms with Crippen LogP contribution in [-0.4, -0.2) is 42.3 Å². The lowest BCUT2D eigenvalue weighted by Crippen LogP contribution is -2.30. The fourth-order valence-corrected chi connectivity index (χ4v) is 4.38. The van der Waals surface area contributed by atoms with Crippen molar-refractivity contribution < 1.29 is 9.50 Å². The zero-order valence-electron chi connectivity index (χ0n) is 14.6. The number of likely N-dealkylation sites (tertiary alicyclic amines) is 1. The number of benzene rings is 1. The van der Waals surface area contributed by atoms with Crippen LogP contribution in [0.25, 0.3) is 0 Å². The monoisotopic (exact) mass is 354 g/mol. The van der Waals surface area contributed by atoms with E-state index in [9.17, 15) is 9.50 Å². The van der Waals surface area contributed by atoms with E-state index in [2.05, 4.69) is 24.1 Å². The van der Waals surface area contributed by atoms with Crippen LogP contribution in [0.3, 0.4) is 0 Å². The van der Waals surface area contributed by atoms with Gasteiger partial charge in [0.2, 0.25) is 0 Å². The lowest BCUT2D eigenvalue weighted by Gasteiger charge is -2.33. The molecule has 1 fully saturated rings. The number of hydrogen-bond donors (Lipinski definition) is 2. The fourth-order valence-electron chi connectivity index (χ4n) is 4.16. The first-order valence-corrected chi connectivity index (χ1v) is 9.45. The maximum absolute atomic E-state index is 14.0. The number of fused-ring (bicyclic) bond motifs is 1. The highest BCUT2D eigenvalue weighted by atomic mass is 35.5. The number of nitrogens with zero attached hydrogens (tertiary/aromatic N) is 1. The first-order chi connectivity index (χ1) is 11.4. The molecule has 2 N–H and O–H groups in total. The third-order valence-electron chi connectivity index (χ3n) is 5.67. The number of aliphatic hydroxyl groups excluding tert-OH is 1. The SMILES string of the molecule is CC(CCC1CNc2c(F)cc(Cl)cc2C1C)CN1CCC(O)C1. The smallest absolute Gasteiger partial charge is 0.148 e. The Morgan fingerprint density at radius 2 is 2.25 bits per heavy atom. The summed E-state index contributed by atoms with van der Waals surface area (Å²) in [5, 5.41) is 13.4. The molecule has 134 valence electrons. The molecule has 4 unspecified atom stereocenters. The number of aliphatic hydroxyl groups is 1. The minimum absolute atomic E-state index is 0.143. The second-order valence-electron chi connectivity index (χ2n) is 7.67. The summed E-state index contributed by atoms with van der Waals surface area (Å²) < 4.78 is 14.0. The van der Waals surface area contributed by atoms with E-state index in [4.69, 9.17) is 11.6 Å². The molecule has 1 saturated heterocycles. The van der Waals surface area contributed by atoms with Gasteiger partial charge < -0.3 is 15.3 Å². The Balaban J connectivity index is 1.54. The van der Waals surface area contributed by atoms with Gasteiger partial charge in [0.25, 0.3) is 0 Å². The lowest BCUT2D eigenvalue weighted by atomic mass is 9.80. The highest BCUT2D eigenvalue weighted by Crippen LogP contribution is 2.40. The Morgan fingerprint density at radius 1 is 1.46 bits per heavy atom. The van der Waals surface area contributed by atoms with Crippen molar-refractivity contribution in [1.82, 2.24) is 4.90 Å². The topological polar surface area (TPSA) is 35.5 Å². The maximum Gasteiger partial charge on any atom is 0.148 e. The van der Waals surface area contributed by atoms with E-state index in [1.54, 1.807) is 0 Å². The van der Waals surface area contributed by atoms with Gasteiger partial charge >= 0.3 is 0 Å². The zero-order chi connectivity index (χ0) is 17.3. The van der Waals surface area contributed by atoms with Crippen LogP contribution in [0.15, 0.2) is 12.1 Å². The number of rotatable bonds is 5. The second kappa shape index (κ2) is 7.59. The highest BCUT2D eigenvalue weighted by Gasteiger charge is 2.29. The van der Waals surface area contributed by atoms with E-state index in [-0.39, 0.29) is 11.9 Å². The third kappa shape index (κ3) is 4.04. The van der Waals surface area contributed by atoms with Crippen LogP contribution in [0.4, 0.5) is 10.1 Å². The van der Waals surface area contributed by atoms with Crippen LogP contribution in [0.5, 0.6) is 0 Å². The molecule has 3 nitrogen and oxygen atoms in total. The number of anilines is 1. The maximum atomic E-state index is 14.0. The molecule has 2 aliphatic rings. The number of nitrogens with one attached hydrogen (secondary N) is 1. The van der Waals surface area contributed by atoms with Gasteiger partial charge in [-0.2, -0.15) is 0 Å². The van der Waals surface area contributed by atoms with Gasteiger partial charge in [0.15, 0.2) is 0 Å². The first-order valence-electron chi connectivity index (χ1n) is 9.07. The Kier molecular flexibility index (Phi) is 5.68. The van der Waals surface area contributed by atoms with E-state index in [1.165, 1.54) is 6.07 Å². The molecule has 2 aliphatic heterocycles. The highest BCUT2D eigenvalue weighted by molar-refractivity contribution is 6.30. The summed E-state index contributed by atoms with van der Waals surface area (Å²) in [4.78, 5) is 2.36. The Hall–Kier alpha value is -0.840. The summed E-state index contributed by atoms with van der Waals surface area (Å²) >= 11 is 6.04. The Bertz CT molecular complexity index is 583. The summed E-state index contributed by atoms with van der Waals surface area (Å²) in [5.74, 6) is 1.18. The second-order valence-corrected chi connectivity index (χ2v) is 8.10. The van der Waals surface area contributed by atoms with Crippen LogP contribution in [0.2, 0.25) is 5.02 Å². The molecule has 0 aliphatic carbocycles. The van der Waals surface area contributed by atoms with Gasteiger partial charge in [-0.3, -0.25) is 0 Å². The van der Waals surface area contributed by atoms with Crippen molar-refractivity contribution in [2.45, 2.75) is 45.1 Å². The quantitative estimate of drug-likeness (QED) is 0.835. The van der Waals surface area contributed by atoms with Crippen molar-refractivity contribution in [2.75, 3.05) is 31.5 Å². The van der Waals surface area contributed by atoms with Gasteiger partial charge in [-0.1, -0.05) is 25.4 Å². The van der Waals surface area contributed by atoms with E-state index in [0.717, 1.165) is 51.0 Å². The Labute approximate surface area is 149 Å². The lowest BCUT2D eigenvalue weighted by molar-refractivity contribution is 0.169.